The van der Waals surface area contributed by atoms with Crippen molar-refractivity contribution in [3.05, 3.63) is 12.7 Å². The molecule has 3 atom stereocenters. The van der Waals surface area contributed by atoms with Gasteiger partial charge in [-0.25, -0.2) is 0 Å². The van der Waals surface area contributed by atoms with Crippen LogP contribution in [0, 0.1) is 12.3 Å². The SMILES string of the molecule is C#CC[C@@H](O[Si](C)(C)C(C)(C)C)[C@H](OCCC(C)(C)O[Si](C)(C)C)[C@@H](C=C)O[Si](C)(C)C(C)(C)C. The molecule has 35 heavy (non-hydrogen) atoms. The molecule has 0 aromatic carbocycles. The molecule has 0 amide bonds. The first-order chi connectivity index (χ1) is 15.4. The Bertz CT molecular complexity index is 704. The fourth-order valence-corrected chi connectivity index (χ4v) is 7.75. The molecular weight excluding hydrogens is 485 g/mol. The maximum atomic E-state index is 6.89. The quantitative estimate of drug-likeness (QED) is 0.125. The van der Waals surface area contributed by atoms with Crippen molar-refractivity contribution >= 4 is 25.0 Å². The van der Waals surface area contributed by atoms with Crippen molar-refractivity contribution in [1.29, 1.82) is 0 Å². The summed E-state index contributed by atoms with van der Waals surface area (Å²) in [6, 6.07) is 0. The minimum atomic E-state index is -2.10. The summed E-state index contributed by atoms with van der Waals surface area (Å²) in [5.41, 5.74) is -0.263. The van der Waals surface area contributed by atoms with Crippen molar-refractivity contribution in [2.45, 2.75) is 148 Å². The van der Waals surface area contributed by atoms with Crippen LogP contribution in [0.1, 0.15) is 68.2 Å². The second kappa shape index (κ2) is 12.6. The monoisotopic (exact) mass is 542 g/mol. The van der Waals surface area contributed by atoms with E-state index in [0.29, 0.717) is 13.0 Å². The van der Waals surface area contributed by atoms with Crippen LogP contribution in [0.5, 0.6) is 0 Å². The highest BCUT2D eigenvalue weighted by Crippen LogP contribution is 2.41. The highest BCUT2D eigenvalue weighted by Gasteiger charge is 2.45. The van der Waals surface area contributed by atoms with Gasteiger partial charge < -0.3 is 18.0 Å². The lowest BCUT2D eigenvalue weighted by molar-refractivity contribution is -0.0853. The van der Waals surface area contributed by atoms with E-state index in [4.69, 9.17) is 24.4 Å². The van der Waals surface area contributed by atoms with E-state index in [2.05, 4.69) is 114 Å². The molecule has 7 heteroatoms. The zero-order chi connectivity index (χ0) is 28.1. The fourth-order valence-electron chi connectivity index (χ4n) is 3.40. The van der Waals surface area contributed by atoms with Crippen LogP contribution in [0.25, 0.3) is 0 Å². The summed E-state index contributed by atoms with van der Waals surface area (Å²) in [4.78, 5) is 0. The molecule has 0 fully saturated rings. The zero-order valence-corrected chi connectivity index (χ0v) is 28.8. The first-order valence-corrected chi connectivity index (χ1v) is 22.3. The van der Waals surface area contributed by atoms with Gasteiger partial charge in [0.05, 0.1) is 17.8 Å². The van der Waals surface area contributed by atoms with Crippen LogP contribution in [0.15, 0.2) is 12.7 Å². The Balaban J connectivity index is 6.12. The Kier molecular flexibility index (Phi) is 12.5. The molecule has 0 aliphatic carbocycles. The highest BCUT2D eigenvalue weighted by atomic mass is 28.4. The molecule has 0 aromatic heterocycles. The van der Waals surface area contributed by atoms with Crippen LogP contribution in [0.2, 0.25) is 55.9 Å². The maximum absolute atomic E-state index is 6.89. The molecule has 0 rings (SSSR count). The predicted molar refractivity (Wildman–Crippen MR) is 161 cm³/mol. The Hall–Kier alpha value is -0.209. The van der Waals surface area contributed by atoms with Gasteiger partial charge in [-0.1, -0.05) is 47.6 Å². The molecule has 0 unspecified atom stereocenters. The van der Waals surface area contributed by atoms with Crippen LogP contribution >= 0.6 is 0 Å². The molecule has 0 saturated heterocycles. The normalized spacial score (nSPS) is 17.0. The first kappa shape index (κ1) is 34.8. The Morgan fingerprint density at radius 1 is 0.829 bits per heavy atom. The van der Waals surface area contributed by atoms with E-state index in [9.17, 15) is 0 Å². The van der Waals surface area contributed by atoms with Crippen molar-refractivity contribution in [3.63, 3.8) is 0 Å². The minimum Gasteiger partial charge on any atom is -0.413 e. The van der Waals surface area contributed by atoms with E-state index in [1.165, 1.54) is 0 Å². The van der Waals surface area contributed by atoms with Gasteiger partial charge in [-0.3, -0.25) is 0 Å². The third kappa shape index (κ3) is 11.8. The summed E-state index contributed by atoms with van der Waals surface area (Å²) in [7, 11) is -5.87. The minimum absolute atomic E-state index is 0.0571. The molecule has 0 aromatic rings. The van der Waals surface area contributed by atoms with Gasteiger partial charge in [0.15, 0.2) is 25.0 Å². The Labute approximate surface area is 222 Å². The smallest absolute Gasteiger partial charge is 0.193 e. The van der Waals surface area contributed by atoms with Gasteiger partial charge in [-0.05, 0) is 76.2 Å². The van der Waals surface area contributed by atoms with Gasteiger partial charge in [0.1, 0.15) is 6.10 Å². The van der Waals surface area contributed by atoms with Crippen molar-refractivity contribution in [2.24, 2.45) is 0 Å². The van der Waals surface area contributed by atoms with Crippen LogP contribution in [0.3, 0.4) is 0 Å². The van der Waals surface area contributed by atoms with Crippen molar-refractivity contribution in [3.8, 4) is 12.3 Å². The van der Waals surface area contributed by atoms with Crippen molar-refractivity contribution in [1.82, 2.24) is 0 Å². The van der Waals surface area contributed by atoms with E-state index in [1.807, 2.05) is 6.08 Å². The molecule has 0 spiro atoms. The first-order valence-electron chi connectivity index (χ1n) is 13.1. The van der Waals surface area contributed by atoms with E-state index < -0.39 is 25.0 Å². The summed E-state index contributed by atoms with van der Waals surface area (Å²) < 4.78 is 26.8. The second-order valence-corrected chi connectivity index (χ2v) is 28.4. The summed E-state index contributed by atoms with van der Waals surface area (Å²) in [6.45, 7) is 38.1. The van der Waals surface area contributed by atoms with E-state index in [0.717, 1.165) is 6.42 Å². The number of hydrogen-bond acceptors (Lipinski definition) is 4. The lowest BCUT2D eigenvalue weighted by atomic mass is 10.0. The number of terminal acetylenes is 1. The lowest BCUT2D eigenvalue weighted by Gasteiger charge is -2.45. The average molecular weight is 543 g/mol. The third-order valence-electron chi connectivity index (χ3n) is 7.33. The molecule has 0 aliphatic rings. The standard InChI is InChI=1S/C28H58O4Si3/c1-18-20-24(31-35(16,17)27(6,7)8)25(23(19-2)30-34(14,15)26(3,4)5)29-22-21-28(9,10)32-33(11,12)13/h1,19,23-25H,2,20-22H2,3-17H3/t23-,24-,25-/m1/s1. The van der Waals surface area contributed by atoms with Crippen LogP contribution < -0.4 is 0 Å². The molecule has 4 nitrogen and oxygen atoms in total. The molecule has 0 bridgehead atoms. The molecule has 0 aliphatic heterocycles. The summed E-state index contributed by atoms with van der Waals surface area (Å²) in [6.07, 6.45) is 8.07. The maximum Gasteiger partial charge on any atom is 0.193 e. The molecule has 0 radical (unpaired) electrons. The van der Waals surface area contributed by atoms with Crippen LogP contribution in [-0.2, 0) is 18.0 Å². The molecule has 0 N–H and O–H groups in total. The lowest BCUT2D eigenvalue weighted by Crippen LogP contribution is -2.54. The van der Waals surface area contributed by atoms with Gasteiger partial charge >= 0.3 is 0 Å². The Morgan fingerprint density at radius 2 is 1.29 bits per heavy atom. The van der Waals surface area contributed by atoms with E-state index >= 15 is 0 Å². The molecule has 206 valence electrons. The fraction of sp³-hybridized carbons (Fsp3) is 0.857. The summed E-state index contributed by atoms with van der Waals surface area (Å²) in [5.74, 6) is 2.85. The molecule has 0 saturated carbocycles. The average Bonchev–Trinajstić information content (AvgIpc) is 2.59. The van der Waals surface area contributed by atoms with Gasteiger partial charge in [-0.2, -0.15) is 0 Å². The topological polar surface area (TPSA) is 36.9 Å². The van der Waals surface area contributed by atoms with Gasteiger partial charge in [0.25, 0.3) is 0 Å². The predicted octanol–water partition coefficient (Wildman–Crippen LogP) is 8.38. The van der Waals surface area contributed by atoms with Gasteiger partial charge in [0.2, 0.25) is 0 Å². The van der Waals surface area contributed by atoms with Crippen molar-refractivity contribution < 1.29 is 18.0 Å². The van der Waals surface area contributed by atoms with E-state index in [-0.39, 0.29) is 34.0 Å². The number of rotatable bonds is 14. The Morgan fingerprint density at radius 3 is 1.66 bits per heavy atom. The third-order valence-corrected chi connectivity index (χ3v) is 17.5. The number of ether oxygens (including phenoxy) is 1. The zero-order valence-electron chi connectivity index (χ0n) is 25.8. The van der Waals surface area contributed by atoms with Crippen LogP contribution in [-0.4, -0.2) is 55.5 Å². The largest absolute Gasteiger partial charge is 0.413 e. The number of hydrogen-bond donors (Lipinski definition) is 0. The van der Waals surface area contributed by atoms with Crippen LogP contribution in [0.4, 0.5) is 0 Å². The van der Waals surface area contributed by atoms with E-state index in [1.54, 1.807) is 0 Å². The van der Waals surface area contributed by atoms with Gasteiger partial charge in [-0.15, -0.1) is 18.9 Å². The highest BCUT2D eigenvalue weighted by molar-refractivity contribution is 6.74. The molecule has 0 heterocycles. The second-order valence-electron chi connectivity index (χ2n) is 14.5. The summed E-state index contributed by atoms with van der Waals surface area (Å²) >= 11 is 0. The van der Waals surface area contributed by atoms with Gasteiger partial charge in [0, 0.05) is 13.0 Å². The summed E-state index contributed by atoms with van der Waals surface area (Å²) in [5, 5.41) is 0.120. The molecular formula is C28H58O4Si3. The van der Waals surface area contributed by atoms with Crippen molar-refractivity contribution in [2.75, 3.05) is 6.61 Å².